The van der Waals surface area contributed by atoms with Crippen LogP contribution >= 0.6 is 0 Å². The number of nitrogens with zero attached hydrogens (tertiary/aromatic N) is 1. The number of fused-ring (bicyclic) bond motifs is 5. The molecule has 0 amide bonds. The number of benzene rings is 2. The van der Waals surface area contributed by atoms with Crippen LogP contribution in [0.2, 0.25) is 0 Å². The Labute approximate surface area is 132 Å². The lowest BCUT2D eigenvalue weighted by atomic mass is 9.91. The van der Waals surface area contributed by atoms with E-state index in [4.69, 9.17) is 0 Å². The average Bonchev–Trinajstić information content (AvgIpc) is 3.37. The molecular formula is C20H22N2. The minimum atomic E-state index is 0.447. The summed E-state index contributed by atoms with van der Waals surface area (Å²) in [6, 6.07) is 18.8. The lowest BCUT2D eigenvalue weighted by Gasteiger charge is -2.36. The first-order valence-electron chi connectivity index (χ1n) is 8.56. The maximum absolute atomic E-state index is 3.49. The quantitative estimate of drug-likeness (QED) is 0.867. The Kier molecular flexibility index (Phi) is 2.89. The first kappa shape index (κ1) is 12.9. The smallest absolute Gasteiger partial charge is 0.0608 e. The van der Waals surface area contributed by atoms with Crippen molar-refractivity contribution in [1.82, 2.24) is 10.2 Å². The maximum atomic E-state index is 3.49. The van der Waals surface area contributed by atoms with Crippen LogP contribution in [0.5, 0.6) is 0 Å². The van der Waals surface area contributed by atoms with Gasteiger partial charge in [-0.1, -0.05) is 48.5 Å². The first-order valence-corrected chi connectivity index (χ1v) is 8.56. The Morgan fingerprint density at radius 1 is 0.727 bits per heavy atom. The normalized spacial score (nSPS) is 29.9. The van der Waals surface area contributed by atoms with E-state index in [0.717, 1.165) is 38.0 Å². The van der Waals surface area contributed by atoms with Crippen molar-refractivity contribution in [2.45, 2.75) is 24.3 Å². The van der Waals surface area contributed by atoms with Crippen LogP contribution in [0.25, 0.3) is 0 Å². The fourth-order valence-electron chi connectivity index (χ4n) is 4.58. The van der Waals surface area contributed by atoms with Crippen molar-refractivity contribution in [2.24, 2.45) is 0 Å². The highest BCUT2D eigenvalue weighted by Crippen LogP contribution is 2.60. The first-order chi connectivity index (χ1) is 10.9. The molecule has 1 saturated heterocycles. The minimum absolute atomic E-state index is 0.447. The highest BCUT2D eigenvalue weighted by atomic mass is 15.2. The van der Waals surface area contributed by atoms with Gasteiger partial charge in [0, 0.05) is 26.2 Å². The van der Waals surface area contributed by atoms with E-state index in [-0.39, 0.29) is 0 Å². The Bertz CT molecular complexity index is 651. The molecule has 0 spiro atoms. The average molecular weight is 290 g/mol. The SMILES string of the molecule is c1ccc2c(c1)C1CC1c1ccccc1C2N1CCNCC1. The van der Waals surface area contributed by atoms with Gasteiger partial charge in [-0.25, -0.2) is 0 Å². The highest BCUT2D eigenvalue weighted by Gasteiger charge is 2.46. The fraction of sp³-hybridized carbons (Fsp3) is 0.400. The highest BCUT2D eigenvalue weighted by molar-refractivity contribution is 5.52. The summed E-state index contributed by atoms with van der Waals surface area (Å²) in [4.78, 5) is 2.68. The van der Waals surface area contributed by atoms with Crippen LogP contribution in [0.1, 0.15) is 46.6 Å². The molecule has 0 radical (unpaired) electrons. The number of rotatable bonds is 1. The van der Waals surface area contributed by atoms with Crippen LogP contribution in [0.4, 0.5) is 0 Å². The molecule has 3 aliphatic rings. The number of nitrogens with one attached hydrogen (secondary N) is 1. The molecule has 2 unspecified atom stereocenters. The maximum Gasteiger partial charge on any atom is 0.0608 e. The number of piperazine rings is 1. The molecule has 2 heteroatoms. The van der Waals surface area contributed by atoms with E-state index in [2.05, 4.69) is 58.7 Å². The van der Waals surface area contributed by atoms with E-state index in [0.29, 0.717) is 6.04 Å². The molecule has 2 fully saturated rings. The van der Waals surface area contributed by atoms with Gasteiger partial charge in [-0.2, -0.15) is 0 Å². The molecule has 2 aliphatic carbocycles. The van der Waals surface area contributed by atoms with Crippen molar-refractivity contribution < 1.29 is 0 Å². The standard InChI is InChI=1S/C20H22N2/c1-3-7-16-14(5-1)18-13-19(18)15-6-2-4-8-17(15)20(16)22-11-9-21-10-12-22/h1-8,18-21H,9-13H2. The molecule has 2 aromatic carbocycles. The van der Waals surface area contributed by atoms with Gasteiger partial charge >= 0.3 is 0 Å². The topological polar surface area (TPSA) is 15.3 Å². The number of hydrogen-bond donors (Lipinski definition) is 1. The molecule has 0 aromatic heterocycles. The van der Waals surface area contributed by atoms with Crippen LogP contribution in [0, 0.1) is 0 Å². The predicted octanol–water partition coefficient (Wildman–Crippen LogP) is 3.27. The zero-order chi connectivity index (χ0) is 14.5. The van der Waals surface area contributed by atoms with Crippen LogP contribution < -0.4 is 5.32 Å². The molecule has 2 aromatic rings. The van der Waals surface area contributed by atoms with Gasteiger partial charge < -0.3 is 5.32 Å². The van der Waals surface area contributed by atoms with Crippen molar-refractivity contribution >= 4 is 0 Å². The van der Waals surface area contributed by atoms with Gasteiger partial charge in [0.15, 0.2) is 0 Å². The van der Waals surface area contributed by atoms with Crippen LogP contribution in [-0.2, 0) is 0 Å². The van der Waals surface area contributed by atoms with E-state index in [1.165, 1.54) is 6.42 Å². The van der Waals surface area contributed by atoms with Gasteiger partial charge in [0.1, 0.15) is 0 Å². The molecule has 0 bridgehead atoms. The molecular weight excluding hydrogens is 268 g/mol. The van der Waals surface area contributed by atoms with Gasteiger partial charge in [0.05, 0.1) is 6.04 Å². The van der Waals surface area contributed by atoms with E-state index >= 15 is 0 Å². The summed E-state index contributed by atoms with van der Waals surface area (Å²) < 4.78 is 0. The molecule has 1 N–H and O–H groups in total. The molecule has 2 atom stereocenters. The van der Waals surface area contributed by atoms with Crippen molar-refractivity contribution in [2.75, 3.05) is 26.2 Å². The van der Waals surface area contributed by atoms with Crippen LogP contribution in [-0.4, -0.2) is 31.1 Å². The molecule has 112 valence electrons. The van der Waals surface area contributed by atoms with Crippen LogP contribution in [0.3, 0.4) is 0 Å². The van der Waals surface area contributed by atoms with Gasteiger partial charge in [-0.15, -0.1) is 0 Å². The monoisotopic (exact) mass is 290 g/mol. The second-order valence-electron chi connectivity index (χ2n) is 6.90. The molecule has 2 nitrogen and oxygen atoms in total. The van der Waals surface area contributed by atoms with Crippen molar-refractivity contribution in [3.05, 3.63) is 70.8 Å². The molecule has 1 aliphatic heterocycles. The van der Waals surface area contributed by atoms with Gasteiger partial charge in [-0.3, -0.25) is 4.90 Å². The summed E-state index contributed by atoms with van der Waals surface area (Å²) in [6.07, 6.45) is 1.34. The van der Waals surface area contributed by atoms with Crippen molar-refractivity contribution in [1.29, 1.82) is 0 Å². The zero-order valence-electron chi connectivity index (χ0n) is 12.8. The summed E-state index contributed by atoms with van der Waals surface area (Å²) in [7, 11) is 0. The Hall–Kier alpha value is -1.64. The molecule has 1 saturated carbocycles. The Morgan fingerprint density at radius 2 is 1.23 bits per heavy atom. The minimum Gasteiger partial charge on any atom is -0.314 e. The lowest BCUT2D eigenvalue weighted by Crippen LogP contribution is -2.45. The summed E-state index contributed by atoms with van der Waals surface area (Å²) in [6.45, 7) is 4.49. The molecule has 1 heterocycles. The van der Waals surface area contributed by atoms with E-state index in [9.17, 15) is 0 Å². The summed E-state index contributed by atoms with van der Waals surface area (Å²) >= 11 is 0. The lowest BCUT2D eigenvalue weighted by molar-refractivity contribution is 0.197. The Morgan fingerprint density at radius 3 is 1.77 bits per heavy atom. The van der Waals surface area contributed by atoms with E-state index in [1.54, 1.807) is 22.3 Å². The second kappa shape index (κ2) is 4.94. The van der Waals surface area contributed by atoms with Crippen LogP contribution in [0.15, 0.2) is 48.5 Å². The third-order valence-electron chi connectivity index (χ3n) is 5.69. The molecule has 5 rings (SSSR count). The third-order valence-corrected chi connectivity index (χ3v) is 5.69. The summed E-state index contributed by atoms with van der Waals surface area (Å²) in [5.41, 5.74) is 6.32. The summed E-state index contributed by atoms with van der Waals surface area (Å²) in [5.74, 6) is 1.51. The van der Waals surface area contributed by atoms with Gasteiger partial charge in [0.2, 0.25) is 0 Å². The zero-order valence-corrected chi connectivity index (χ0v) is 12.8. The number of hydrogen-bond acceptors (Lipinski definition) is 2. The fourth-order valence-corrected chi connectivity index (χ4v) is 4.58. The largest absolute Gasteiger partial charge is 0.314 e. The van der Waals surface area contributed by atoms with Crippen molar-refractivity contribution in [3.8, 4) is 0 Å². The predicted molar refractivity (Wildman–Crippen MR) is 89.3 cm³/mol. The molecule has 22 heavy (non-hydrogen) atoms. The van der Waals surface area contributed by atoms with Crippen molar-refractivity contribution in [3.63, 3.8) is 0 Å². The van der Waals surface area contributed by atoms with E-state index in [1.807, 2.05) is 0 Å². The van der Waals surface area contributed by atoms with E-state index < -0.39 is 0 Å². The van der Waals surface area contributed by atoms with Gasteiger partial charge in [-0.05, 0) is 40.5 Å². The third kappa shape index (κ3) is 1.87. The Balaban J connectivity index is 1.70. The van der Waals surface area contributed by atoms with Gasteiger partial charge in [0.25, 0.3) is 0 Å². The second-order valence-corrected chi connectivity index (χ2v) is 6.90. The summed E-state index contributed by atoms with van der Waals surface area (Å²) in [5, 5.41) is 3.49.